The van der Waals surface area contributed by atoms with Gasteiger partial charge in [-0.2, -0.15) is 13.2 Å². The van der Waals surface area contributed by atoms with Gasteiger partial charge >= 0.3 is 6.18 Å². The summed E-state index contributed by atoms with van der Waals surface area (Å²) in [4.78, 5) is 0. The van der Waals surface area contributed by atoms with Crippen molar-refractivity contribution in [2.75, 3.05) is 5.73 Å². The summed E-state index contributed by atoms with van der Waals surface area (Å²) in [6, 6.07) is 6.83. The first-order chi connectivity index (χ1) is 9.27. The van der Waals surface area contributed by atoms with Crippen LogP contribution in [0.2, 0.25) is 0 Å². The lowest BCUT2D eigenvalue weighted by molar-refractivity contribution is -0.138. The third-order valence-corrected chi connectivity index (χ3v) is 2.67. The first-order valence-corrected chi connectivity index (χ1v) is 5.68. The number of nitrogen functional groups attached to an aromatic ring is 1. The van der Waals surface area contributed by atoms with Crippen LogP contribution < -0.4 is 10.5 Å². The molecule has 0 atom stereocenters. The van der Waals surface area contributed by atoms with Gasteiger partial charge < -0.3 is 10.5 Å². The van der Waals surface area contributed by atoms with E-state index in [1.54, 1.807) is 6.92 Å². The zero-order valence-electron chi connectivity index (χ0n) is 10.5. The van der Waals surface area contributed by atoms with Crippen LogP contribution in [0.4, 0.5) is 23.2 Å². The minimum absolute atomic E-state index is 0.0134. The summed E-state index contributed by atoms with van der Waals surface area (Å²) >= 11 is 0. The lowest BCUT2D eigenvalue weighted by atomic mass is 10.1. The summed E-state index contributed by atoms with van der Waals surface area (Å²) in [7, 11) is 0. The van der Waals surface area contributed by atoms with Crippen molar-refractivity contribution in [1.29, 1.82) is 0 Å². The van der Waals surface area contributed by atoms with Crippen molar-refractivity contribution in [1.82, 2.24) is 0 Å². The van der Waals surface area contributed by atoms with Crippen LogP contribution in [-0.4, -0.2) is 0 Å². The summed E-state index contributed by atoms with van der Waals surface area (Å²) in [5.74, 6) is -0.703. The molecule has 0 aliphatic carbocycles. The number of nitrogens with two attached hydrogens (primary N) is 1. The number of hydrogen-bond donors (Lipinski definition) is 1. The van der Waals surface area contributed by atoms with E-state index >= 15 is 0 Å². The van der Waals surface area contributed by atoms with Crippen molar-refractivity contribution < 1.29 is 22.3 Å². The molecule has 0 heterocycles. The zero-order chi connectivity index (χ0) is 14.9. The highest BCUT2D eigenvalue weighted by atomic mass is 19.4. The van der Waals surface area contributed by atoms with Crippen molar-refractivity contribution >= 4 is 5.69 Å². The van der Waals surface area contributed by atoms with Crippen LogP contribution in [0.5, 0.6) is 11.5 Å². The summed E-state index contributed by atoms with van der Waals surface area (Å²) in [5, 5.41) is 0. The molecule has 2 aromatic rings. The van der Waals surface area contributed by atoms with Crippen molar-refractivity contribution in [2.45, 2.75) is 13.1 Å². The number of rotatable bonds is 2. The van der Waals surface area contributed by atoms with Crippen LogP contribution in [0.1, 0.15) is 11.1 Å². The van der Waals surface area contributed by atoms with Crippen LogP contribution in [0.15, 0.2) is 36.4 Å². The highest BCUT2D eigenvalue weighted by Crippen LogP contribution is 2.39. The van der Waals surface area contributed by atoms with Crippen LogP contribution in [0, 0.1) is 12.7 Å². The molecule has 0 spiro atoms. The van der Waals surface area contributed by atoms with E-state index in [1.165, 1.54) is 18.2 Å². The van der Waals surface area contributed by atoms with Gasteiger partial charge in [0.2, 0.25) is 0 Å². The molecule has 2 rings (SSSR count). The highest BCUT2D eigenvalue weighted by molar-refractivity contribution is 5.51. The fourth-order valence-electron chi connectivity index (χ4n) is 1.70. The van der Waals surface area contributed by atoms with E-state index in [2.05, 4.69) is 0 Å². The molecule has 0 aliphatic heterocycles. The Morgan fingerprint density at radius 1 is 1.00 bits per heavy atom. The summed E-state index contributed by atoms with van der Waals surface area (Å²) in [6.45, 7) is 1.54. The lowest BCUT2D eigenvalue weighted by Crippen LogP contribution is -2.08. The molecule has 20 heavy (non-hydrogen) atoms. The molecule has 0 fully saturated rings. The van der Waals surface area contributed by atoms with Gasteiger partial charge in [-0.3, -0.25) is 0 Å². The number of halogens is 4. The molecule has 0 bridgehead atoms. The van der Waals surface area contributed by atoms with Crippen LogP contribution >= 0.6 is 0 Å². The molecule has 0 aromatic heterocycles. The molecule has 0 saturated heterocycles. The molecule has 2 N–H and O–H groups in total. The first kappa shape index (κ1) is 14.2. The second kappa shape index (κ2) is 5.03. The Kier molecular flexibility index (Phi) is 3.57. The van der Waals surface area contributed by atoms with Crippen molar-refractivity contribution in [3.8, 4) is 11.5 Å². The van der Waals surface area contributed by atoms with Crippen molar-refractivity contribution in [3.63, 3.8) is 0 Å². The van der Waals surface area contributed by atoms with Crippen LogP contribution in [0.25, 0.3) is 0 Å². The second-order valence-corrected chi connectivity index (χ2v) is 4.27. The van der Waals surface area contributed by atoms with Gasteiger partial charge in [0, 0.05) is 5.69 Å². The summed E-state index contributed by atoms with van der Waals surface area (Å²) < 4.78 is 56.9. The molecule has 0 saturated carbocycles. The van der Waals surface area contributed by atoms with Crippen molar-refractivity contribution in [3.05, 3.63) is 53.3 Å². The number of alkyl halides is 3. The van der Waals surface area contributed by atoms with E-state index in [9.17, 15) is 17.6 Å². The fourth-order valence-corrected chi connectivity index (χ4v) is 1.70. The first-order valence-electron chi connectivity index (χ1n) is 5.68. The van der Waals surface area contributed by atoms with Gasteiger partial charge in [0.1, 0.15) is 22.9 Å². The van der Waals surface area contributed by atoms with Crippen LogP contribution in [-0.2, 0) is 6.18 Å². The Morgan fingerprint density at radius 2 is 1.65 bits per heavy atom. The lowest BCUT2D eigenvalue weighted by Gasteiger charge is -2.15. The van der Waals surface area contributed by atoms with E-state index in [0.29, 0.717) is 5.56 Å². The van der Waals surface area contributed by atoms with Crippen LogP contribution in [0.3, 0.4) is 0 Å². The Bertz CT molecular complexity index is 638. The minimum Gasteiger partial charge on any atom is -0.456 e. The molecule has 0 radical (unpaired) electrons. The number of anilines is 1. The fraction of sp³-hybridized carbons (Fsp3) is 0.143. The quantitative estimate of drug-likeness (QED) is 0.650. The third-order valence-electron chi connectivity index (χ3n) is 2.67. The maximum atomic E-state index is 13.0. The minimum atomic E-state index is -4.58. The molecular formula is C14H11F4NO. The van der Waals surface area contributed by atoms with Gasteiger partial charge in [-0.1, -0.05) is 0 Å². The maximum Gasteiger partial charge on any atom is 0.420 e. The maximum absolute atomic E-state index is 13.0. The summed E-state index contributed by atoms with van der Waals surface area (Å²) in [6.07, 6.45) is -4.58. The van der Waals surface area contributed by atoms with Gasteiger partial charge in [-0.15, -0.1) is 0 Å². The molecule has 2 nitrogen and oxygen atoms in total. The normalized spacial score (nSPS) is 11.4. The number of hydrogen-bond acceptors (Lipinski definition) is 2. The molecular weight excluding hydrogens is 274 g/mol. The average molecular weight is 285 g/mol. The van der Waals surface area contributed by atoms with E-state index in [4.69, 9.17) is 10.5 Å². The second-order valence-electron chi connectivity index (χ2n) is 4.27. The average Bonchev–Trinajstić information content (AvgIpc) is 2.33. The third kappa shape index (κ3) is 3.01. The number of ether oxygens (including phenoxy) is 1. The Labute approximate surface area is 112 Å². The van der Waals surface area contributed by atoms with Gasteiger partial charge in [0.05, 0.1) is 0 Å². The van der Waals surface area contributed by atoms with E-state index < -0.39 is 17.6 Å². The smallest absolute Gasteiger partial charge is 0.420 e. The van der Waals surface area contributed by atoms with Gasteiger partial charge in [-0.25, -0.2) is 4.39 Å². The van der Waals surface area contributed by atoms with E-state index in [0.717, 1.165) is 18.2 Å². The van der Waals surface area contributed by atoms with E-state index in [1.807, 2.05) is 0 Å². The monoisotopic (exact) mass is 285 g/mol. The van der Waals surface area contributed by atoms with Crippen molar-refractivity contribution in [2.24, 2.45) is 0 Å². The Hall–Kier alpha value is -2.24. The van der Waals surface area contributed by atoms with Gasteiger partial charge in [-0.05, 0) is 48.9 Å². The topological polar surface area (TPSA) is 35.2 Å². The van der Waals surface area contributed by atoms with Gasteiger partial charge in [0.15, 0.2) is 0 Å². The Morgan fingerprint density at radius 3 is 2.25 bits per heavy atom. The Balaban J connectivity index is 2.43. The predicted octanol–water partition coefficient (Wildman–Crippen LogP) is 4.53. The zero-order valence-corrected chi connectivity index (χ0v) is 10.5. The van der Waals surface area contributed by atoms with Gasteiger partial charge in [0.25, 0.3) is 0 Å². The predicted molar refractivity (Wildman–Crippen MR) is 67.1 cm³/mol. The standard InChI is InChI=1S/C14H11F4NO/c1-8-6-9(15)2-4-12(8)20-13-5-3-10(19)7-11(13)14(16,17)18/h2-7H,19H2,1H3. The van der Waals surface area contributed by atoms with E-state index in [-0.39, 0.29) is 17.2 Å². The SMILES string of the molecule is Cc1cc(F)ccc1Oc1ccc(N)cc1C(F)(F)F. The number of benzene rings is 2. The molecule has 0 amide bonds. The molecule has 0 aliphatic rings. The molecule has 0 unspecified atom stereocenters. The summed E-state index contributed by atoms with van der Waals surface area (Å²) in [5.41, 5.74) is 4.78. The number of aryl methyl sites for hydroxylation is 1. The molecule has 2 aromatic carbocycles. The molecule has 106 valence electrons. The molecule has 6 heteroatoms. The largest absolute Gasteiger partial charge is 0.456 e. The highest BCUT2D eigenvalue weighted by Gasteiger charge is 2.34.